The quantitative estimate of drug-likeness (QED) is 0.823. The molecular formula is C22H30N4O. The smallest absolute Gasteiger partial charge is 0.227 e. The first-order valence-electron chi connectivity index (χ1n) is 10.4. The third-order valence-corrected chi connectivity index (χ3v) is 6.09. The number of benzene rings is 1. The van der Waals surface area contributed by atoms with E-state index in [2.05, 4.69) is 15.3 Å². The Morgan fingerprint density at radius 3 is 2.74 bits per heavy atom. The van der Waals surface area contributed by atoms with Crippen LogP contribution in [0.3, 0.4) is 0 Å². The number of hydrogen-bond acceptors (Lipinski definition) is 3. The van der Waals surface area contributed by atoms with E-state index in [1.165, 1.54) is 32.1 Å². The standard InChI is InChI=1S/C22H30N4O/c27-20(15-17-7-3-1-4-8-17)26-14-11-19(16-26)25-21(22-23-12-13-24-22)18-9-5-2-6-10-18/h1,3-4,7-8,12-13,18-19,21,25H,2,5-6,9-11,14-16H2,(H,23,24). The lowest BCUT2D eigenvalue weighted by Crippen LogP contribution is -2.40. The molecule has 5 heteroatoms. The zero-order valence-corrected chi connectivity index (χ0v) is 15.9. The van der Waals surface area contributed by atoms with Crippen LogP contribution in [0, 0.1) is 5.92 Å². The molecule has 2 atom stereocenters. The van der Waals surface area contributed by atoms with Crippen LogP contribution in [0.25, 0.3) is 0 Å². The number of nitrogens with zero attached hydrogens (tertiary/aromatic N) is 2. The van der Waals surface area contributed by atoms with Gasteiger partial charge in [0.15, 0.2) is 0 Å². The Kier molecular flexibility index (Phi) is 5.87. The topological polar surface area (TPSA) is 61.0 Å². The van der Waals surface area contributed by atoms with E-state index < -0.39 is 0 Å². The number of carbonyl (C=O) groups excluding carboxylic acids is 1. The van der Waals surface area contributed by atoms with Crippen LogP contribution in [0.15, 0.2) is 42.7 Å². The highest BCUT2D eigenvalue weighted by Crippen LogP contribution is 2.34. The summed E-state index contributed by atoms with van der Waals surface area (Å²) >= 11 is 0. The molecule has 0 spiro atoms. The molecule has 1 saturated heterocycles. The lowest BCUT2D eigenvalue weighted by molar-refractivity contribution is -0.129. The van der Waals surface area contributed by atoms with Crippen molar-refractivity contribution in [3.8, 4) is 0 Å². The molecule has 2 heterocycles. The Bertz CT molecular complexity index is 709. The number of likely N-dealkylation sites (tertiary alicyclic amines) is 1. The van der Waals surface area contributed by atoms with Gasteiger partial charge >= 0.3 is 0 Å². The monoisotopic (exact) mass is 366 g/mol. The summed E-state index contributed by atoms with van der Waals surface area (Å²) < 4.78 is 0. The van der Waals surface area contributed by atoms with Crippen LogP contribution < -0.4 is 5.32 Å². The molecule has 1 saturated carbocycles. The van der Waals surface area contributed by atoms with Gasteiger partial charge in [0, 0.05) is 31.5 Å². The highest BCUT2D eigenvalue weighted by Gasteiger charge is 2.32. The zero-order valence-electron chi connectivity index (χ0n) is 15.9. The first-order valence-corrected chi connectivity index (χ1v) is 10.4. The maximum absolute atomic E-state index is 12.7. The van der Waals surface area contributed by atoms with Crippen molar-refractivity contribution < 1.29 is 4.79 Å². The minimum atomic E-state index is 0.234. The van der Waals surface area contributed by atoms with Gasteiger partial charge in [0.05, 0.1) is 12.5 Å². The van der Waals surface area contributed by atoms with Crippen molar-refractivity contribution in [2.24, 2.45) is 5.92 Å². The van der Waals surface area contributed by atoms with Crippen molar-refractivity contribution in [1.82, 2.24) is 20.2 Å². The van der Waals surface area contributed by atoms with Gasteiger partial charge in [-0.2, -0.15) is 0 Å². The lowest BCUT2D eigenvalue weighted by Gasteiger charge is -2.32. The summed E-state index contributed by atoms with van der Waals surface area (Å²) in [5, 5.41) is 3.85. The van der Waals surface area contributed by atoms with Gasteiger partial charge in [-0.05, 0) is 30.7 Å². The summed E-state index contributed by atoms with van der Waals surface area (Å²) in [6.07, 6.45) is 11.8. The summed E-state index contributed by atoms with van der Waals surface area (Å²) in [6.45, 7) is 1.65. The Hall–Kier alpha value is -2.14. The third kappa shape index (κ3) is 4.59. The maximum atomic E-state index is 12.7. The average Bonchev–Trinajstić information content (AvgIpc) is 3.40. The Labute approximate surface area is 161 Å². The number of nitrogens with one attached hydrogen (secondary N) is 2. The Morgan fingerprint density at radius 2 is 2.00 bits per heavy atom. The van der Waals surface area contributed by atoms with E-state index in [0.29, 0.717) is 18.4 Å². The molecule has 1 aliphatic heterocycles. The van der Waals surface area contributed by atoms with Gasteiger partial charge in [0.25, 0.3) is 0 Å². The average molecular weight is 367 g/mol. The predicted octanol–water partition coefficient (Wildman–Crippen LogP) is 3.46. The number of carbonyl (C=O) groups is 1. The van der Waals surface area contributed by atoms with Gasteiger partial charge in [-0.15, -0.1) is 0 Å². The molecule has 2 aromatic rings. The van der Waals surface area contributed by atoms with Crippen molar-refractivity contribution >= 4 is 5.91 Å². The van der Waals surface area contributed by atoms with E-state index in [0.717, 1.165) is 30.9 Å². The van der Waals surface area contributed by atoms with Crippen molar-refractivity contribution in [1.29, 1.82) is 0 Å². The normalized spacial score (nSPS) is 22.1. The third-order valence-electron chi connectivity index (χ3n) is 6.09. The molecule has 27 heavy (non-hydrogen) atoms. The number of hydrogen-bond donors (Lipinski definition) is 2. The number of aromatic amines is 1. The van der Waals surface area contributed by atoms with Gasteiger partial charge in [-0.1, -0.05) is 49.6 Å². The van der Waals surface area contributed by atoms with Crippen LogP contribution in [-0.4, -0.2) is 39.9 Å². The van der Waals surface area contributed by atoms with Crippen LogP contribution in [0.1, 0.15) is 56.0 Å². The first-order chi connectivity index (χ1) is 13.3. The van der Waals surface area contributed by atoms with Crippen LogP contribution >= 0.6 is 0 Å². The molecule has 1 aromatic heterocycles. The fraction of sp³-hybridized carbons (Fsp3) is 0.545. The van der Waals surface area contributed by atoms with Gasteiger partial charge in [0.1, 0.15) is 5.82 Å². The second kappa shape index (κ2) is 8.70. The van der Waals surface area contributed by atoms with E-state index in [9.17, 15) is 4.79 Å². The fourth-order valence-corrected chi connectivity index (χ4v) is 4.61. The maximum Gasteiger partial charge on any atom is 0.227 e. The molecule has 144 valence electrons. The number of H-pyrrole nitrogens is 1. The molecule has 2 N–H and O–H groups in total. The summed E-state index contributed by atoms with van der Waals surface area (Å²) in [4.78, 5) is 22.5. The second-order valence-corrected chi connectivity index (χ2v) is 8.00. The lowest BCUT2D eigenvalue weighted by atomic mass is 9.83. The van der Waals surface area contributed by atoms with Gasteiger partial charge < -0.3 is 15.2 Å². The summed E-state index contributed by atoms with van der Waals surface area (Å²) in [5.74, 6) is 1.92. The second-order valence-electron chi connectivity index (χ2n) is 8.00. The number of rotatable bonds is 6. The molecule has 1 aliphatic carbocycles. The van der Waals surface area contributed by atoms with E-state index >= 15 is 0 Å². The molecule has 0 radical (unpaired) electrons. The molecule has 1 amide bonds. The molecule has 2 unspecified atom stereocenters. The van der Waals surface area contributed by atoms with E-state index in [4.69, 9.17) is 0 Å². The Balaban J connectivity index is 1.36. The summed E-state index contributed by atoms with van der Waals surface area (Å²) in [7, 11) is 0. The van der Waals surface area contributed by atoms with Crippen molar-refractivity contribution in [2.45, 2.75) is 57.0 Å². The minimum Gasteiger partial charge on any atom is -0.347 e. The van der Waals surface area contributed by atoms with Crippen molar-refractivity contribution in [3.63, 3.8) is 0 Å². The largest absolute Gasteiger partial charge is 0.347 e. The minimum absolute atomic E-state index is 0.234. The van der Waals surface area contributed by atoms with E-state index in [-0.39, 0.29) is 11.9 Å². The van der Waals surface area contributed by atoms with E-state index in [1.807, 2.05) is 47.6 Å². The van der Waals surface area contributed by atoms with Crippen molar-refractivity contribution in [2.75, 3.05) is 13.1 Å². The fourth-order valence-electron chi connectivity index (χ4n) is 4.61. The molecule has 2 aliphatic rings. The van der Waals surface area contributed by atoms with Gasteiger partial charge in [0.2, 0.25) is 5.91 Å². The number of aromatic nitrogens is 2. The highest BCUT2D eigenvalue weighted by molar-refractivity contribution is 5.79. The highest BCUT2D eigenvalue weighted by atomic mass is 16.2. The van der Waals surface area contributed by atoms with Crippen LogP contribution in [0.4, 0.5) is 0 Å². The first kappa shape index (κ1) is 18.2. The molecule has 5 nitrogen and oxygen atoms in total. The molecular weight excluding hydrogens is 336 g/mol. The predicted molar refractivity (Wildman–Crippen MR) is 106 cm³/mol. The SMILES string of the molecule is O=C(Cc1ccccc1)N1CCC(NC(c2ncc[nH]2)C2CCCCC2)C1. The molecule has 4 rings (SSSR count). The molecule has 2 fully saturated rings. The molecule has 0 bridgehead atoms. The van der Waals surface area contributed by atoms with Gasteiger partial charge in [-0.25, -0.2) is 4.98 Å². The van der Waals surface area contributed by atoms with Gasteiger partial charge in [-0.3, -0.25) is 4.79 Å². The Morgan fingerprint density at radius 1 is 1.19 bits per heavy atom. The van der Waals surface area contributed by atoms with E-state index in [1.54, 1.807) is 0 Å². The number of imidazole rings is 1. The van der Waals surface area contributed by atoms with Crippen LogP contribution in [-0.2, 0) is 11.2 Å². The number of amides is 1. The van der Waals surface area contributed by atoms with Crippen LogP contribution in [0.2, 0.25) is 0 Å². The van der Waals surface area contributed by atoms with Crippen molar-refractivity contribution in [3.05, 3.63) is 54.1 Å². The molecule has 1 aromatic carbocycles. The van der Waals surface area contributed by atoms with Crippen LogP contribution in [0.5, 0.6) is 0 Å². The summed E-state index contributed by atoms with van der Waals surface area (Å²) in [6, 6.07) is 10.7. The summed E-state index contributed by atoms with van der Waals surface area (Å²) in [5.41, 5.74) is 1.09. The zero-order chi connectivity index (χ0) is 18.5.